The van der Waals surface area contributed by atoms with Crippen molar-refractivity contribution in [3.8, 4) is 6.07 Å². The van der Waals surface area contributed by atoms with Gasteiger partial charge in [0.15, 0.2) is 0 Å². The van der Waals surface area contributed by atoms with Gasteiger partial charge >= 0.3 is 5.97 Å². The summed E-state index contributed by atoms with van der Waals surface area (Å²) >= 11 is 6.01. The number of halogens is 1. The summed E-state index contributed by atoms with van der Waals surface area (Å²) in [5.74, 6) is -2.78. The van der Waals surface area contributed by atoms with Crippen LogP contribution in [0.1, 0.15) is 50.4 Å². The number of amides is 3. The zero-order chi connectivity index (χ0) is 24.9. The molecule has 1 aromatic carbocycles. The minimum absolute atomic E-state index is 0.214. The zero-order valence-electron chi connectivity index (χ0n) is 18.7. The van der Waals surface area contributed by atoms with Crippen LogP contribution in [0.15, 0.2) is 18.2 Å². The maximum Gasteiger partial charge on any atom is 0.306 e. The SMILES string of the molecule is CC(C)(C)C(NC(=O)c1ccc(N)c(Cl)c1)C(=O)N1CCCC1C(=O)NC(C#N)CC(=O)O. The molecule has 1 saturated heterocycles. The maximum absolute atomic E-state index is 13.5. The van der Waals surface area contributed by atoms with E-state index in [1.165, 1.54) is 23.1 Å². The fourth-order valence-electron chi connectivity index (χ4n) is 3.57. The minimum atomic E-state index is -1.22. The van der Waals surface area contributed by atoms with E-state index in [-0.39, 0.29) is 10.6 Å². The Bertz CT molecular complexity index is 984. The topological polar surface area (TPSA) is 166 Å². The molecule has 1 aromatic rings. The van der Waals surface area contributed by atoms with Crippen LogP contribution in [0.5, 0.6) is 0 Å². The summed E-state index contributed by atoms with van der Waals surface area (Å²) in [5, 5.41) is 23.3. The summed E-state index contributed by atoms with van der Waals surface area (Å²) in [6.45, 7) is 5.66. The molecule has 33 heavy (non-hydrogen) atoms. The first-order chi connectivity index (χ1) is 15.3. The number of rotatable bonds is 7. The second kappa shape index (κ2) is 10.5. The zero-order valence-corrected chi connectivity index (χ0v) is 19.5. The number of nitrogens with zero attached hydrogens (tertiary/aromatic N) is 2. The smallest absolute Gasteiger partial charge is 0.306 e. The van der Waals surface area contributed by atoms with E-state index in [4.69, 9.17) is 27.7 Å². The standard InChI is InChI=1S/C22H28ClN5O5/c1-22(2,3)18(27-19(31)12-6-7-15(25)14(23)9-12)21(33)28-8-4-5-16(28)20(32)26-13(11-24)10-17(29)30/h6-7,9,13,16,18H,4-5,8,10,25H2,1-3H3,(H,26,32)(H,27,31)(H,29,30). The number of benzene rings is 1. The summed E-state index contributed by atoms with van der Waals surface area (Å²) in [7, 11) is 0. The molecule has 3 amide bonds. The third-order valence-corrected chi connectivity index (χ3v) is 5.67. The highest BCUT2D eigenvalue weighted by Gasteiger charge is 2.42. The van der Waals surface area contributed by atoms with Crippen molar-refractivity contribution < 1.29 is 24.3 Å². The lowest BCUT2D eigenvalue weighted by Gasteiger charge is -2.35. The molecule has 2 rings (SSSR count). The van der Waals surface area contributed by atoms with E-state index in [0.29, 0.717) is 25.1 Å². The number of nitriles is 1. The van der Waals surface area contributed by atoms with Crippen molar-refractivity contribution in [2.45, 2.75) is 58.2 Å². The fourth-order valence-corrected chi connectivity index (χ4v) is 3.75. The van der Waals surface area contributed by atoms with Gasteiger partial charge in [-0.1, -0.05) is 32.4 Å². The Balaban J connectivity index is 2.21. The van der Waals surface area contributed by atoms with Crippen LogP contribution in [0.25, 0.3) is 0 Å². The van der Waals surface area contributed by atoms with Crippen molar-refractivity contribution in [2.75, 3.05) is 12.3 Å². The quantitative estimate of drug-likeness (QED) is 0.432. The molecule has 1 fully saturated rings. The van der Waals surface area contributed by atoms with Crippen LogP contribution in [-0.2, 0) is 14.4 Å². The molecular weight excluding hydrogens is 450 g/mol. The van der Waals surface area contributed by atoms with Gasteiger partial charge < -0.3 is 26.4 Å². The highest BCUT2D eigenvalue weighted by Crippen LogP contribution is 2.27. The molecule has 1 heterocycles. The first kappa shape index (κ1) is 25.9. The van der Waals surface area contributed by atoms with E-state index < -0.39 is 53.7 Å². The van der Waals surface area contributed by atoms with Crippen molar-refractivity contribution in [2.24, 2.45) is 5.41 Å². The lowest BCUT2D eigenvalue weighted by atomic mass is 9.85. The molecule has 0 saturated carbocycles. The van der Waals surface area contributed by atoms with E-state index in [1.807, 2.05) is 0 Å². The summed E-state index contributed by atoms with van der Waals surface area (Å²) < 4.78 is 0. The van der Waals surface area contributed by atoms with E-state index >= 15 is 0 Å². The van der Waals surface area contributed by atoms with Crippen LogP contribution in [0.4, 0.5) is 5.69 Å². The van der Waals surface area contributed by atoms with E-state index in [0.717, 1.165) is 0 Å². The molecule has 0 aromatic heterocycles. The predicted octanol–water partition coefficient (Wildman–Crippen LogP) is 1.54. The molecular formula is C22H28ClN5O5. The third-order valence-electron chi connectivity index (χ3n) is 5.34. The fraction of sp³-hybridized carbons (Fsp3) is 0.500. The van der Waals surface area contributed by atoms with Crippen molar-refractivity contribution in [1.82, 2.24) is 15.5 Å². The predicted molar refractivity (Wildman–Crippen MR) is 121 cm³/mol. The van der Waals surface area contributed by atoms with Gasteiger partial charge in [0.25, 0.3) is 5.91 Å². The average Bonchev–Trinajstić information content (AvgIpc) is 3.21. The summed E-state index contributed by atoms with van der Waals surface area (Å²) in [5.41, 5.74) is 5.56. The number of aliphatic carboxylic acids is 1. The molecule has 178 valence electrons. The largest absolute Gasteiger partial charge is 0.481 e. The van der Waals surface area contributed by atoms with Crippen LogP contribution in [-0.4, -0.2) is 58.4 Å². The van der Waals surface area contributed by atoms with E-state index in [2.05, 4.69) is 10.6 Å². The van der Waals surface area contributed by atoms with Crippen molar-refractivity contribution >= 4 is 41.0 Å². The van der Waals surface area contributed by atoms with E-state index in [1.54, 1.807) is 26.8 Å². The van der Waals surface area contributed by atoms with Crippen molar-refractivity contribution in [3.63, 3.8) is 0 Å². The molecule has 0 spiro atoms. The van der Waals surface area contributed by atoms with Crippen LogP contribution < -0.4 is 16.4 Å². The number of nitrogens with two attached hydrogens (primary N) is 1. The van der Waals surface area contributed by atoms with Gasteiger partial charge in [-0.2, -0.15) is 5.26 Å². The molecule has 3 unspecified atom stereocenters. The normalized spacial score (nSPS) is 17.5. The molecule has 3 atom stereocenters. The average molecular weight is 478 g/mol. The number of nitrogens with one attached hydrogen (secondary N) is 2. The van der Waals surface area contributed by atoms with Crippen LogP contribution >= 0.6 is 11.6 Å². The Hall–Kier alpha value is -3.32. The highest BCUT2D eigenvalue weighted by atomic mass is 35.5. The monoisotopic (exact) mass is 477 g/mol. The molecule has 1 aliphatic heterocycles. The molecule has 5 N–H and O–H groups in total. The molecule has 10 nitrogen and oxygen atoms in total. The van der Waals surface area contributed by atoms with Gasteiger partial charge in [-0.05, 0) is 36.5 Å². The van der Waals surface area contributed by atoms with Crippen LogP contribution in [0, 0.1) is 16.7 Å². The number of nitrogen functional groups attached to an aromatic ring is 1. The Kier molecular flexibility index (Phi) is 8.28. The number of anilines is 1. The Labute approximate surface area is 197 Å². The lowest BCUT2D eigenvalue weighted by Crippen LogP contribution is -2.58. The van der Waals surface area contributed by atoms with Gasteiger partial charge in [0.05, 0.1) is 23.2 Å². The number of carbonyl (C=O) groups is 4. The molecule has 0 bridgehead atoms. The van der Waals surface area contributed by atoms with Gasteiger partial charge in [-0.25, -0.2) is 0 Å². The van der Waals surface area contributed by atoms with Gasteiger partial charge in [0.2, 0.25) is 11.8 Å². The molecule has 1 aliphatic rings. The van der Waals surface area contributed by atoms with Crippen LogP contribution in [0.3, 0.4) is 0 Å². The maximum atomic E-state index is 13.5. The molecule has 0 aliphatic carbocycles. The number of carboxylic acid groups (broad SMARTS) is 1. The van der Waals surface area contributed by atoms with Gasteiger partial charge in [0, 0.05) is 12.1 Å². The number of likely N-dealkylation sites (tertiary alicyclic amines) is 1. The van der Waals surface area contributed by atoms with Crippen molar-refractivity contribution in [1.29, 1.82) is 5.26 Å². The number of hydrogen-bond acceptors (Lipinski definition) is 6. The molecule has 0 radical (unpaired) electrons. The minimum Gasteiger partial charge on any atom is -0.481 e. The first-order valence-corrected chi connectivity index (χ1v) is 10.8. The lowest BCUT2D eigenvalue weighted by molar-refractivity contribution is -0.142. The second-order valence-electron chi connectivity index (χ2n) is 8.99. The van der Waals surface area contributed by atoms with Gasteiger partial charge in [-0.15, -0.1) is 0 Å². The Morgan fingerprint density at radius 3 is 2.52 bits per heavy atom. The first-order valence-electron chi connectivity index (χ1n) is 10.4. The summed E-state index contributed by atoms with van der Waals surface area (Å²) in [6, 6.07) is 3.11. The summed E-state index contributed by atoms with van der Waals surface area (Å²) in [4.78, 5) is 51.3. The van der Waals surface area contributed by atoms with Gasteiger partial charge in [0.1, 0.15) is 18.1 Å². The van der Waals surface area contributed by atoms with Crippen LogP contribution in [0.2, 0.25) is 5.02 Å². The highest BCUT2D eigenvalue weighted by molar-refractivity contribution is 6.33. The number of hydrogen-bond donors (Lipinski definition) is 4. The third kappa shape index (κ3) is 6.58. The second-order valence-corrected chi connectivity index (χ2v) is 9.39. The number of carbonyl (C=O) groups excluding carboxylic acids is 3. The van der Waals surface area contributed by atoms with Gasteiger partial charge in [-0.3, -0.25) is 19.2 Å². The number of carboxylic acids is 1. The Morgan fingerprint density at radius 1 is 1.30 bits per heavy atom. The Morgan fingerprint density at radius 2 is 1.97 bits per heavy atom. The molecule has 11 heteroatoms. The van der Waals surface area contributed by atoms with E-state index in [9.17, 15) is 19.2 Å². The summed E-state index contributed by atoms with van der Waals surface area (Å²) in [6.07, 6.45) is 0.368. The van der Waals surface area contributed by atoms with Crippen molar-refractivity contribution in [3.05, 3.63) is 28.8 Å².